The summed E-state index contributed by atoms with van der Waals surface area (Å²) in [4.78, 5) is 0. The van der Waals surface area contributed by atoms with Gasteiger partial charge in [0, 0.05) is 12.0 Å². The zero-order valence-electron chi connectivity index (χ0n) is 8.50. The average Bonchev–Trinajstić information content (AvgIpc) is 2.22. The van der Waals surface area contributed by atoms with Crippen LogP contribution < -0.4 is 4.74 Å². The Morgan fingerprint density at radius 2 is 2.33 bits per heavy atom. The van der Waals surface area contributed by atoms with Crippen molar-refractivity contribution in [2.24, 2.45) is 0 Å². The number of hydrogen-bond donors (Lipinski definition) is 1. The Hall–Kier alpha value is -1.13. The Labute approximate surface area is 87.4 Å². The second kappa shape index (κ2) is 4.16. The molecular formula is C11H13FO3. The molecule has 0 radical (unpaired) electrons. The summed E-state index contributed by atoms with van der Waals surface area (Å²) in [5.41, 5.74) is 1.20. The van der Waals surface area contributed by atoms with Gasteiger partial charge >= 0.3 is 0 Å². The number of halogens is 1. The van der Waals surface area contributed by atoms with Gasteiger partial charge in [-0.25, -0.2) is 4.39 Å². The van der Waals surface area contributed by atoms with Gasteiger partial charge < -0.3 is 14.6 Å². The van der Waals surface area contributed by atoms with Crippen molar-refractivity contribution < 1.29 is 19.0 Å². The highest BCUT2D eigenvalue weighted by Gasteiger charge is 2.19. The minimum Gasteiger partial charge on any atom is -0.467 e. The average molecular weight is 212 g/mol. The summed E-state index contributed by atoms with van der Waals surface area (Å²) < 4.78 is 23.8. The van der Waals surface area contributed by atoms with Crippen LogP contribution in [0.15, 0.2) is 12.1 Å². The number of fused-ring (bicyclic) bond motifs is 1. The van der Waals surface area contributed by atoms with E-state index in [9.17, 15) is 9.50 Å². The molecule has 0 spiro atoms. The number of aliphatic hydroxyl groups excluding tert-OH is 1. The van der Waals surface area contributed by atoms with Crippen LogP contribution in [0.25, 0.3) is 0 Å². The van der Waals surface area contributed by atoms with Gasteiger partial charge in [0.05, 0.1) is 12.7 Å². The van der Waals surface area contributed by atoms with Crippen LogP contribution in [-0.2, 0) is 17.8 Å². The van der Waals surface area contributed by atoms with Crippen LogP contribution in [0.2, 0.25) is 0 Å². The fourth-order valence-electron chi connectivity index (χ4n) is 1.70. The third-order valence-corrected chi connectivity index (χ3v) is 2.37. The monoisotopic (exact) mass is 212 g/mol. The molecule has 0 saturated carbocycles. The lowest BCUT2D eigenvalue weighted by atomic mass is 10.0. The molecule has 3 nitrogen and oxygen atoms in total. The molecule has 1 unspecified atom stereocenters. The largest absolute Gasteiger partial charge is 0.467 e. The van der Waals surface area contributed by atoms with Gasteiger partial charge in [-0.15, -0.1) is 0 Å². The lowest BCUT2D eigenvalue weighted by molar-refractivity contribution is -0.0173. The molecule has 0 aliphatic carbocycles. The van der Waals surface area contributed by atoms with Gasteiger partial charge in [-0.05, 0) is 24.6 Å². The quantitative estimate of drug-likeness (QED) is 0.809. The smallest absolute Gasteiger partial charge is 0.189 e. The standard InChI is InChI=1S/C11H13FO3/c1-7(13)4-8-9-5-14-6-15-11(9)3-2-10(8)12/h2-3,7,13H,4-6H2,1H3. The van der Waals surface area contributed by atoms with E-state index in [1.54, 1.807) is 13.0 Å². The Kier molecular flexibility index (Phi) is 2.88. The molecule has 1 aromatic carbocycles. The van der Waals surface area contributed by atoms with Gasteiger partial charge in [0.1, 0.15) is 11.6 Å². The zero-order chi connectivity index (χ0) is 10.8. The second-order valence-electron chi connectivity index (χ2n) is 3.67. The first-order valence-corrected chi connectivity index (χ1v) is 4.87. The van der Waals surface area contributed by atoms with Crippen molar-refractivity contribution in [2.75, 3.05) is 6.79 Å². The Balaban J connectivity index is 2.41. The molecule has 0 aromatic heterocycles. The summed E-state index contributed by atoms with van der Waals surface area (Å²) in [6.07, 6.45) is -0.297. The second-order valence-corrected chi connectivity index (χ2v) is 3.67. The van der Waals surface area contributed by atoms with Crippen LogP contribution in [0, 0.1) is 5.82 Å². The Morgan fingerprint density at radius 1 is 1.53 bits per heavy atom. The van der Waals surface area contributed by atoms with Crippen LogP contribution in [0.3, 0.4) is 0 Å². The molecule has 2 rings (SSSR count). The molecule has 15 heavy (non-hydrogen) atoms. The molecule has 1 N–H and O–H groups in total. The van der Waals surface area contributed by atoms with Crippen LogP contribution in [0.5, 0.6) is 5.75 Å². The van der Waals surface area contributed by atoms with E-state index in [1.165, 1.54) is 6.07 Å². The summed E-state index contributed by atoms with van der Waals surface area (Å²) in [6, 6.07) is 2.96. The molecule has 1 atom stereocenters. The summed E-state index contributed by atoms with van der Waals surface area (Å²) in [5, 5.41) is 9.28. The predicted octanol–water partition coefficient (Wildman–Crippen LogP) is 1.62. The van der Waals surface area contributed by atoms with Crippen LogP contribution in [0.1, 0.15) is 18.1 Å². The fourth-order valence-corrected chi connectivity index (χ4v) is 1.70. The highest BCUT2D eigenvalue weighted by molar-refractivity contribution is 5.41. The molecule has 0 fully saturated rings. The normalized spacial score (nSPS) is 16.7. The van der Waals surface area contributed by atoms with E-state index in [0.717, 1.165) is 0 Å². The van der Waals surface area contributed by atoms with E-state index in [1.807, 2.05) is 0 Å². The highest BCUT2D eigenvalue weighted by Crippen LogP contribution is 2.29. The summed E-state index contributed by atoms with van der Waals surface area (Å²) >= 11 is 0. The van der Waals surface area contributed by atoms with Crippen molar-refractivity contribution >= 4 is 0 Å². The minimum atomic E-state index is -0.576. The predicted molar refractivity (Wildman–Crippen MR) is 52.1 cm³/mol. The summed E-state index contributed by atoms with van der Waals surface area (Å²) in [6.45, 7) is 2.17. The maximum absolute atomic E-state index is 13.5. The first-order chi connectivity index (χ1) is 7.18. The first-order valence-electron chi connectivity index (χ1n) is 4.87. The van der Waals surface area contributed by atoms with Crippen molar-refractivity contribution in [3.8, 4) is 5.75 Å². The molecule has 82 valence electrons. The number of benzene rings is 1. The molecule has 0 amide bonds. The third-order valence-electron chi connectivity index (χ3n) is 2.37. The van der Waals surface area contributed by atoms with Crippen molar-refractivity contribution in [2.45, 2.75) is 26.1 Å². The molecule has 0 bridgehead atoms. The van der Waals surface area contributed by atoms with Crippen LogP contribution in [-0.4, -0.2) is 18.0 Å². The number of ether oxygens (including phenoxy) is 2. The van der Waals surface area contributed by atoms with Crippen molar-refractivity contribution in [3.05, 3.63) is 29.1 Å². The molecule has 1 aromatic rings. The Morgan fingerprint density at radius 3 is 3.07 bits per heavy atom. The van der Waals surface area contributed by atoms with E-state index in [4.69, 9.17) is 9.47 Å². The zero-order valence-corrected chi connectivity index (χ0v) is 8.50. The van der Waals surface area contributed by atoms with Gasteiger partial charge in [0.2, 0.25) is 0 Å². The van der Waals surface area contributed by atoms with E-state index in [0.29, 0.717) is 23.5 Å². The first kappa shape index (κ1) is 10.4. The summed E-state index contributed by atoms with van der Waals surface area (Å²) in [7, 11) is 0. The van der Waals surface area contributed by atoms with E-state index < -0.39 is 6.10 Å². The van der Waals surface area contributed by atoms with Gasteiger partial charge in [-0.3, -0.25) is 0 Å². The molecule has 1 heterocycles. The van der Waals surface area contributed by atoms with Gasteiger partial charge in [0.15, 0.2) is 6.79 Å². The highest BCUT2D eigenvalue weighted by atomic mass is 19.1. The number of rotatable bonds is 2. The van der Waals surface area contributed by atoms with E-state index in [2.05, 4.69) is 0 Å². The molecule has 1 aliphatic heterocycles. The van der Waals surface area contributed by atoms with Crippen molar-refractivity contribution in [1.29, 1.82) is 0 Å². The maximum atomic E-state index is 13.5. The minimum absolute atomic E-state index is 0.201. The molecule has 0 saturated heterocycles. The third kappa shape index (κ3) is 2.11. The fraction of sp³-hybridized carbons (Fsp3) is 0.455. The maximum Gasteiger partial charge on any atom is 0.189 e. The SMILES string of the molecule is CC(O)Cc1c(F)ccc2c1COCO2. The number of aliphatic hydroxyl groups is 1. The molecular weight excluding hydrogens is 199 g/mol. The molecule has 1 aliphatic rings. The lowest BCUT2D eigenvalue weighted by Gasteiger charge is -2.21. The van der Waals surface area contributed by atoms with Crippen LogP contribution >= 0.6 is 0 Å². The van der Waals surface area contributed by atoms with Crippen LogP contribution in [0.4, 0.5) is 4.39 Å². The van der Waals surface area contributed by atoms with Gasteiger partial charge in [-0.1, -0.05) is 0 Å². The van der Waals surface area contributed by atoms with E-state index >= 15 is 0 Å². The number of hydrogen-bond acceptors (Lipinski definition) is 3. The van der Waals surface area contributed by atoms with Gasteiger partial charge in [-0.2, -0.15) is 0 Å². The topological polar surface area (TPSA) is 38.7 Å². The molecule has 4 heteroatoms. The van der Waals surface area contributed by atoms with E-state index in [-0.39, 0.29) is 19.0 Å². The Bertz CT molecular complexity index is 363. The lowest BCUT2D eigenvalue weighted by Crippen LogP contribution is -2.16. The summed E-state index contributed by atoms with van der Waals surface area (Å²) in [5.74, 6) is 0.335. The van der Waals surface area contributed by atoms with Crippen molar-refractivity contribution in [1.82, 2.24) is 0 Å². The van der Waals surface area contributed by atoms with Crippen molar-refractivity contribution in [3.63, 3.8) is 0 Å². The van der Waals surface area contributed by atoms with Gasteiger partial charge in [0.25, 0.3) is 0 Å².